The minimum Gasteiger partial charge on any atom is -0.480 e. The number of hydrogen-bond acceptors (Lipinski definition) is 4. The standard InChI is InChI=1S/C10H18N2O5/c1-10(2,3)9(17)11-4-7(14)12-6(5-13)8(15)16/h6,13H,4-5H2,1-3H3,(H,11,17)(H,12,14)(H,15,16). The lowest BCUT2D eigenvalue weighted by atomic mass is 9.96. The minimum atomic E-state index is -1.35. The lowest BCUT2D eigenvalue weighted by molar-refractivity contribution is -0.142. The number of aliphatic hydroxyl groups is 1. The van der Waals surface area contributed by atoms with Crippen molar-refractivity contribution < 1.29 is 24.6 Å². The SMILES string of the molecule is CC(C)(C)C(=O)NCC(=O)NC(CO)C(=O)O. The Hall–Kier alpha value is -1.63. The van der Waals surface area contributed by atoms with Gasteiger partial charge in [0.2, 0.25) is 11.8 Å². The summed E-state index contributed by atoms with van der Waals surface area (Å²) in [4.78, 5) is 33.2. The first kappa shape index (κ1) is 15.4. The van der Waals surface area contributed by atoms with Gasteiger partial charge in [-0.25, -0.2) is 4.79 Å². The van der Waals surface area contributed by atoms with E-state index in [1.165, 1.54) is 0 Å². The Morgan fingerprint density at radius 3 is 2.12 bits per heavy atom. The Bertz CT molecular complexity index is 308. The topological polar surface area (TPSA) is 116 Å². The van der Waals surface area contributed by atoms with Gasteiger partial charge in [0.05, 0.1) is 13.2 Å². The normalized spacial score (nSPS) is 12.7. The van der Waals surface area contributed by atoms with Crippen molar-refractivity contribution in [2.75, 3.05) is 13.2 Å². The van der Waals surface area contributed by atoms with Crippen molar-refractivity contribution in [2.24, 2.45) is 5.41 Å². The minimum absolute atomic E-state index is 0.316. The third kappa shape index (κ3) is 5.86. The van der Waals surface area contributed by atoms with Crippen LogP contribution in [0.4, 0.5) is 0 Å². The van der Waals surface area contributed by atoms with Crippen molar-refractivity contribution >= 4 is 17.8 Å². The summed E-state index contributed by atoms with van der Waals surface area (Å²) in [6.45, 7) is 4.05. The number of aliphatic carboxylic acids is 1. The summed E-state index contributed by atoms with van der Waals surface area (Å²) >= 11 is 0. The molecule has 4 N–H and O–H groups in total. The number of carbonyl (C=O) groups excluding carboxylic acids is 2. The molecule has 0 radical (unpaired) electrons. The Morgan fingerprint density at radius 2 is 1.76 bits per heavy atom. The molecule has 7 heteroatoms. The number of carboxylic acid groups (broad SMARTS) is 1. The van der Waals surface area contributed by atoms with Gasteiger partial charge in [0.15, 0.2) is 0 Å². The van der Waals surface area contributed by atoms with Crippen molar-refractivity contribution in [3.05, 3.63) is 0 Å². The van der Waals surface area contributed by atoms with Crippen molar-refractivity contribution in [3.63, 3.8) is 0 Å². The van der Waals surface area contributed by atoms with Crippen LogP contribution in [0.25, 0.3) is 0 Å². The first-order chi connectivity index (χ1) is 7.68. The zero-order valence-electron chi connectivity index (χ0n) is 10.1. The first-order valence-corrected chi connectivity index (χ1v) is 5.09. The monoisotopic (exact) mass is 246 g/mol. The highest BCUT2D eigenvalue weighted by Crippen LogP contribution is 2.11. The van der Waals surface area contributed by atoms with Crippen LogP contribution in [0, 0.1) is 5.41 Å². The van der Waals surface area contributed by atoms with Crippen LogP contribution in [0.1, 0.15) is 20.8 Å². The summed E-state index contributed by atoms with van der Waals surface area (Å²) in [5.41, 5.74) is -0.622. The smallest absolute Gasteiger partial charge is 0.328 e. The highest BCUT2D eigenvalue weighted by molar-refractivity contribution is 5.89. The van der Waals surface area contributed by atoms with Crippen molar-refractivity contribution in [2.45, 2.75) is 26.8 Å². The zero-order valence-corrected chi connectivity index (χ0v) is 10.1. The van der Waals surface area contributed by atoms with Gasteiger partial charge in [-0.15, -0.1) is 0 Å². The molecule has 0 aromatic carbocycles. The van der Waals surface area contributed by atoms with Gasteiger partial charge in [0.1, 0.15) is 6.04 Å². The van der Waals surface area contributed by atoms with Crippen LogP contribution in [-0.4, -0.2) is 47.2 Å². The quantitative estimate of drug-likeness (QED) is 0.481. The number of amides is 2. The van der Waals surface area contributed by atoms with Crippen molar-refractivity contribution in [1.29, 1.82) is 0 Å². The summed E-state index contributed by atoms with van der Waals surface area (Å²) in [6.07, 6.45) is 0. The Labute approximate surface area is 99.2 Å². The predicted molar refractivity (Wildman–Crippen MR) is 59.1 cm³/mol. The Balaban J connectivity index is 4.12. The first-order valence-electron chi connectivity index (χ1n) is 5.09. The van der Waals surface area contributed by atoms with Gasteiger partial charge in [-0.05, 0) is 0 Å². The molecule has 98 valence electrons. The van der Waals surface area contributed by atoms with Gasteiger partial charge in [-0.1, -0.05) is 20.8 Å². The summed E-state index contributed by atoms with van der Waals surface area (Å²) in [7, 11) is 0. The molecule has 0 bridgehead atoms. The molecule has 0 heterocycles. The second-order valence-corrected chi connectivity index (χ2v) is 4.57. The van der Waals surface area contributed by atoms with E-state index < -0.39 is 29.9 Å². The average molecular weight is 246 g/mol. The van der Waals surface area contributed by atoms with Crippen molar-refractivity contribution in [1.82, 2.24) is 10.6 Å². The fourth-order valence-electron chi connectivity index (χ4n) is 0.857. The lowest BCUT2D eigenvalue weighted by Crippen LogP contribution is -2.48. The van der Waals surface area contributed by atoms with E-state index in [0.717, 1.165) is 0 Å². The highest BCUT2D eigenvalue weighted by atomic mass is 16.4. The van der Waals surface area contributed by atoms with Crippen LogP contribution in [0.5, 0.6) is 0 Å². The molecule has 0 fully saturated rings. The van der Waals surface area contributed by atoms with E-state index in [0.29, 0.717) is 0 Å². The maximum Gasteiger partial charge on any atom is 0.328 e. The molecular formula is C10H18N2O5. The highest BCUT2D eigenvalue weighted by Gasteiger charge is 2.23. The fraction of sp³-hybridized carbons (Fsp3) is 0.700. The molecule has 0 aliphatic carbocycles. The van der Waals surface area contributed by atoms with E-state index >= 15 is 0 Å². The summed E-state index contributed by atoms with van der Waals surface area (Å²) in [5, 5.41) is 21.7. The lowest BCUT2D eigenvalue weighted by Gasteiger charge is -2.18. The summed E-state index contributed by atoms with van der Waals surface area (Å²) in [6, 6.07) is -1.35. The number of nitrogens with one attached hydrogen (secondary N) is 2. The molecule has 7 nitrogen and oxygen atoms in total. The van der Waals surface area contributed by atoms with Gasteiger partial charge < -0.3 is 20.8 Å². The van der Waals surface area contributed by atoms with E-state index in [-0.39, 0.29) is 12.5 Å². The number of carbonyl (C=O) groups is 3. The molecule has 0 spiro atoms. The van der Waals surface area contributed by atoms with Gasteiger partial charge in [0, 0.05) is 5.41 Å². The predicted octanol–water partition coefficient (Wildman–Crippen LogP) is -1.29. The third-order valence-corrected chi connectivity index (χ3v) is 1.91. The van der Waals surface area contributed by atoms with E-state index in [1.807, 2.05) is 0 Å². The zero-order chi connectivity index (χ0) is 13.6. The van der Waals surface area contributed by atoms with Crippen molar-refractivity contribution in [3.8, 4) is 0 Å². The molecule has 1 atom stereocenters. The van der Waals surface area contributed by atoms with Crippen LogP contribution in [-0.2, 0) is 14.4 Å². The van der Waals surface area contributed by atoms with E-state index in [4.69, 9.17) is 10.2 Å². The molecule has 0 saturated heterocycles. The molecule has 1 unspecified atom stereocenters. The third-order valence-electron chi connectivity index (χ3n) is 1.91. The number of hydrogen-bond donors (Lipinski definition) is 4. The van der Waals surface area contributed by atoms with E-state index in [2.05, 4.69) is 10.6 Å². The van der Waals surface area contributed by atoms with Gasteiger partial charge in [-0.2, -0.15) is 0 Å². The van der Waals surface area contributed by atoms with Gasteiger partial charge in [-0.3, -0.25) is 9.59 Å². The van der Waals surface area contributed by atoms with E-state index in [1.54, 1.807) is 20.8 Å². The Kier molecular flexibility index (Phi) is 5.60. The molecule has 0 aromatic heterocycles. The molecule has 17 heavy (non-hydrogen) atoms. The molecule has 0 aliphatic rings. The second-order valence-electron chi connectivity index (χ2n) is 4.57. The maximum atomic E-state index is 11.4. The largest absolute Gasteiger partial charge is 0.480 e. The molecule has 0 saturated carbocycles. The maximum absolute atomic E-state index is 11.4. The molecule has 0 rings (SSSR count). The van der Waals surface area contributed by atoms with Gasteiger partial charge in [0.25, 0.3) is 0 Å². The number of aliphatic hydroxyl groups excluding tert-OH is 1. The van der Waals surface area contributed by atoms with Crippen LogP contribution < -0.4 is 10.6 Å². The van der Waals surface area contributed by atoms with E-state index in [9.17, 15) is 14.4 Å². The van der Waals surface area contributed by atoms with Gasteiger partial charge >= 0.3 is 5.97 Å². The molecule has 0 aromatic rings. The van der Waals surface area contributed by atoms with Crippen LogP contribution in [0.3, 0.4) is 0 Å². The molecular weight excluding hydrogens is 228 g/mol. The van der Waals surface area contributed by atoms with Crippen LogP contribution in [0.15, 0.2) is 0 Å². The summed E-state index contributed by atoms with van der Waals surface area (Å²) < 4.78 is 0. The average Bonchev–Trinajstić information content (AvgIpc) is 2.20. The van der Waals surface area contributed by atoms with Crippen LogP contribution >= 0.6 is 0 Å². The number of carboxylic acids is 1. The summed E-state index contributed by atoms with van der Waals surface area (Å²) in [5.74, 6) is -2.31. The fourth-order valence-corrected chi connectivity index (χ4v) is 0.857. The number of rotatable bonds is 5. The molecule has 0 aliphatic heterocycles. The second kappa shape index (κ2) is 6.19. The Morgan fingerprint density at radius 1 is 1.24 bits per heavy atom. The molecule has 2 amide bonds. The van der Waals surface area contributed by atoms with Crippen LogP contribution in [0.2, 0.25) is 0 Å².